The first-order chi connectivity index (χ1) is 17.6. The predicted molar refractivity (Wildman–Crippen MR) is 136 cm³/mol. The minimum atomic E-state index is -0.196. The normalized spacial score (nSPS) is 13.1. The summed E-state index contributed by atoms with van der Waals surface area (Å²) in [6.07, 6.45) is 6.32. The summed E-state index contributed by atoms with van der Waals surface area (Å²) in [6, 6.07) is 20.3. The van der Waals surface area contributed by atoms with Gasteiger partial charge in [-0.3, -0.25) is 18.7 Å². The second-order valence-electron chi connectivity index (χ2n) is 8.98. The Bertz CT molecular complexity index is 1600. The minimum Gasteiger partial charge on any atom is -0.338 e. The van der Waals surface area contributed by atoms with Crippen LogP contribution in [-0.4, -0.2) is 53.8 Å². The van der Waals surface area contributed by atoms with E-state index in [0.717, 1.165) is 41.9 Å². The van der Waals surface area contributed by atoms with Gasteiger partial charge in [0.25, 0.3) is 5.91 Å². The van der Waals surface area contributed by atoms with Crippen LogP contribution < -0.4 is 0 Å². The molecule has 4 heterocycles. The molecule has 0 N–H and O–H groups in total. The van der Waals surface area contributed by atoms with Crippen LogP contribution in [0.1, 0.15) is 33.0 Å². The molecular weight excluding hydrogens is 452 g/mol. The van der Waals surface area contributed by atoms with Crippen LogP contribution in [0.3, 0.4) is 0 Å². The molecule has 0 aliphatic carbocycles. The number of ketones is 1. The first kappa shape index (κ1) is 21.9. The molecule has 8 nitrogen and oxygen atoms in total. The molecule has 1 aliphatic heterocycles. The number of aromatic nitrogens is 5. The number of imidazole rings is 1. The number of hydrogen-bond acceptors (Lipinski definition) is 5. The van der Waals surface area contributed by atoms with Crippen molar-refractivity contribution < 1.29 is 9.59 Å². The van der Waals surface area contributed by atoms with Crippen LogP contribution in [0.15, 0.2) is 79.3 Å². The first-order valence-corrected chi connectivity index (χ1v) is 11.9. The van der Waals surface area contributed by atoms with Crippen molar-refractivity contribution in [1.29, 1.82) is 0 Å². The molecule has 6 rings (SSSR count). The third-order valence-electron chi connectivity index (χ3n) is 6.57. The maximum Gasteiger partial charge on any atom is 0.257 e. The van der Waals surface area contributed by atoms with Crippen LogP contribution in [0, 0.1) is 0 Å². The first-order valence-electron chi connectivity index (χ1n) is 11.9. The SMILES string of the molecule is Cn1ncc(C(=O)N2CCC2)c1C(=O)Cc1ccn2cc(-c3cccc(-c4ccccc4)c3)nc2n1. The zero-order valence-electron chi connectivity index (χ0n) is 19.8. The lowest BCUT2D eigenvalue weighted by molar-refractivity contribution is 0.0647. The molecule has 178 valence electrons. The van der Waals surface area contributed by atoms with Crippen LogP contribution in [-0.2, 0) is 13.5 Å². The Kier molecular flexibility index (Phi) is 5.41. The molecule has 0 unspecified atom stereocenters. The number of Topliss-reactive ketones (excluding diaryl/α,β-unsaturated/α-hetero) is 1. The summed E-state index contributed by atoms with van der Waals surface area (Å²) in [5.74, 6) is 0.178. The summed E-state index contributed by atoms with van der Waals surface area (Å²) in [5, 5.41) is 4.17. The number of nitrogens with zero attached hydrogens (tertiary/aromatic N) is 6. The minimum absolute atomic E-state index is 0.0575. The topological polar surface area (TPSA) is 85.4 Å². The van der Waals surface area contributed by atoms with Gasteiger partial charge in [-0.25, -0.2) is 9.97 Å². The highest BCUT2D eigenvalue weighted by molar-refractivity contribution is 6.07. The van der Waals surface area contributed by atoms with Gasteiger partial charge in [0.2, 0.25) is 5.78 Å². The lowest BCUT2D eigenvalue weighted by Crippen LogP contribution is -2.42. The molecule has 5 aromatic rings. The van der Waals surface area contributed by atoms with Gasteiger partial charge >= 0.3 is 0 Å². The van der Waals surface area contributed by atoms with Crippen molar-refractivity contribution in [3.63, 3.8) is 0 Å². The van der Waals surface area contributed by atoms with Gasteiger partial charge in [-0.05, 0) is 29.7 Å². The molecule has 0 atom stereocenters. The van der Waals surface area contributed by atoms with Crippen LogP contribution in [0.25, 0.3) is 28.2 Å². The maximum absolute atomic E-state index is 13.2. The summed E-state index contributed by atoms with van der Waals surface area (Å²) in [7, 11) is 1.68. The van der Waals surface area contributed by atoms with E-state index in [1.54, 1.807) is 11.9 Å². The summed E-state index contributed by atoms with van der Waals surface area (Å²) < 4.78 is 3.32. The van der Waals surface area contributed by atoms with E-state index in [9.17, 15) is 9.59 Å². The molecule has 3 aromatic heterocycles. The van der Waals surface area contributed by atoms with E-state index in [2.05, 4.69) is 34.3 Å². The Labute approximate surface area is 207 Å². The number of amides is 1. The lowest BCUT2D eigenvalue weighted by Gasteiger charge is -2.30. The molecule has 1 saturated heterocycles. The Morgan fingerprint density at radius 3 is 2.47 bits per heavy atom. The molecular formula is C28H24N6O2. The molecule has 0 saturated carbocycles. The zero-order valence-corrected chi connectivity index (χ0v) is 19.8. The van der Waals surface area contributed by atoms with E-state index in [1.165, 1.54) is 10.9 Å². The van der Waals surface area contributed by atoms with Gasteiger partial charge in [-0.15, -0.1) is 0 Å². The van der Waals surface area contributed by atoms with E-state index < -0.39 is 0 Å². The van der Waals surface area contributed by atoms with Gasteiger partial charge < -0.3 is 4.90 Å². The summed E-state index contributed by atoms with van der Waals surface area (Å²) in [4.78, 5) is 37.0. The quantitative estimate of drug-likeness (QED) is 0.345. The summed E-state index contributed by atoms with van der Waals surface area (Å²) >= 11 is 0. The average molecular weight is 477 g/mol. The summed E-state index contributed by atoms with van der Waals surface area (Å²) in [6.45, 7) is 1.44. The second-order valence-corrected chi connectivity index (χ2v) is 8.98. The fourth-order valence-electron chi connectivity index (χ4n) is 4.50. The molecule has 1 amide bonds. The Hall–Kier alpha value is -4.59. The fourth-order valence-corrected chi connectivity index (χ4v) is 4.50. The molecule has 36 heavy (non-hydrogen) atoms. The molecule has 8 heteroatoms. The van der Waals surface area contributed by atoms with Gasteiger partial charge in [0.05, 0.1) is 29.6 Å². The van der Waals surface area contributed by atoms with Crippen molar-refractivity contribution in [1.82, 2.24) is 29.0 Å². The van der Waals surface area contributed by atoms with E-state index in [4.69, 9.17) is 4.98 Å². The van der Waals surface area contributed by atoms with Crippen molar-refractivity contribution >= 4 is 17.5 Å². The molecule has 0 bridgehead atoms. The number of fused-ring (bicyclic) bond motifs is 1. The highest BCUT2D eigenvalue weighted by Gasteiger charge is 2.28. The van der Waals surface area contributed by atoms with Crippen molar-refractivity contribution in [3.05, 3.63) is 96.2 Å². The highest BCUT2D eigenvalue weighted by atomic mass is 16.2. The number of aryl methyl sites for hydroxylation is 1. The van der Waals surface area contributed by atoms with E-state index >= 15 is 0 Å². The molecule has 1 aliphatic rings. The van der Waals surface area contributed by atoms with Gasteiger partial charge in [-0.2, -0.15) is 5.10 Å². The van der Waals surface area contributed by atoms with Crippen LogP contribution in [0.4, 0.5) is 0 Å². The van der Waals surface area contributed by atoms with Gasteiger partial charge in [0.1, 0.15) is 5.69 Å². The molecule has 1 fully saturated rings. The standard InChI is InChI=1S/C28H24N6O2/c1-32-26(23(17-29-32)27(36)33-12-6-13-33)25(35)16-22-11-14-34-18-24(31-28(34)30-22)21-10-5-9-20(15-21)19-7-3-2-4-8-19/h2-5,7-11,14-15,17-18H,6,12-13,16H2,1H3. The number of likely N-dealkylation sites (tertiary alicyclic amines) is 1. The number of carbonyl (C=O) groups is 2. The van der Waals surface area contributed by atoms with Crippen molar-refractivity contribution in [2.45, 2.75) is 12.8 Å². The number of rotatable bonds is 6. The van der Waals surface area contributed by atoms with E-state index in [-0.39, 0.29) is 18.1 Å². The molecule has 0 spiro atoms. The monoisotopic (exact) mass is 476 g/mol. The van der Waals surface area contributed by atoms with E-state index in [0.29, 0.717) is 22.7 Å². The molecule has 0 radical (unpaired) electrons. The molecule has 2 aromatic carbocycles. The zero-order chi connectivity index (χ0) is 24.6. The second kappa shape index (κ2) is 8.88. The van der Waals surface area contributed by atoms with Crippen molar-refractivity contribution in [2.24, 2.45) is 7.05 Å². The maximum atomic E-state index is 13.2. The predicted octanol–water partition coefficient (Wildman–Crippen LogP) is 4.07. The highest BCUT2D eigenvalue weighted by Crippen LogP contribution is 2.26. The Balaban J connectivity index is 1.26. The fraction of sp³-hybridized carbons (Fsp3) is 0.179. The van der Waals surface area contributed by atoms with Gasteiger partial charge in [0, 0.05) is 38.1 Å². The van der Waals surface area contributed by atoms with E-state index in [1.807, 2.05) is 53.2 Å². The van der Waals surface area contributed by atoms with Crippen LogP contribution in [0.5, 0.6) is 0 Å². The number of hydrogen-bond donors (Lipinski definition) is 0. The van der Waals surface area contributed by atoms with Crippen molar-refractivity contribution in [3.8, 4) is 22.4 Å². The van der Waals surface area contributed by atoms with Crippen molar-refractivity contribution in [2.75, 3.05) is 13.1 Å². The number of carbonyl (C=O) groups excluding carboxylic acids is 2. The Morgan fingerprint density at radius 1 is 0.917 bits per heavy atom. The van der Waals surface area contributed by atoms with Crippen LogP contribution >= 0.6 is 0 Å². The summed E-state index contributed by atoms with van der Waals surface area (Å²) in [5.41, 5.74) is 5.31. The van der Waals surface area contributed by atoms with Crippen LogP contribution in [0.2, 0.25) is 0 Å². The third kappa shape index (κ3) is 3.96. The smallest absolute Gasteiger partial charge is 0.257 e. The van der Waals surface area contributed by atoms with Gasteiger partial charge in [-0.1, -0.05) is 48.5 Å². The Morgan fingerprint density at radius 2 is 1.69 bits per heavy atom. The third-order valence-corrected chi connectivity index (χ3v) is 6.57. The average Bonchev–Trinajstić information content (AvgIpc) is 3.47. The van der Waals surface area contributed by atoms with Gasteiger partial charge in [0.15, 0.2) is 5.78 Å². The largest absolute Gasteiger partial charge is 0.338 e. The lowest BCUT2D eigenvalue weighted by atomic mass is 10.0. The number of benzene rings is 2.